The largest absolute Gasteiger partial charge is 0.479 e. The molecule has 1 aliphatic rings. The predicted octanol–water partition coefficient (Wildman–Crippen LogP) is 0.200. The number of carbonyl (C=O) groups excluding carboxylic acids is 1. The second-order valence-corrected chi connectivity index (χ2v) is 5.09. The third kappa shape index (κ3) is 4.07. The van der Waals surface area contributed by atoms with E-state index in [1.54, 1.807) is 7.11 Å². The zero-order chi connectivity index (χ0) is 14.5. The number of hydrogen-bond donors (Lipinski definition) is 3. The Morgan fingerprint density at radius 2 is 2.16 bits per heavy atom. The molecule has 0 radical (unpaired) electrons. The lowest BCUT2D eigenvalue weighted by molar-refractivity contribution is -0.144. The van der Waals surface area contributed by atoms with Gasteiger partial charge in [0.2, 0.25) is 0 Å². The lowest BCUT2D eigenvalue weighted by Gasteiger charge is -2.27. The van der Waals surface area contributed by atoms with Crippen LogP contribution in [0.15, 0.2) is 0 Å². The number of urea groups is 1. The van der Waals surface area contributed by atoms with Crippen molar-refractivity contribution in [2.75, 3.05) is 26.9 Å². The summed E-state index contributed by atoms with van der Waals surface area (Å²) in [6.07, 6.45) is 0.270. The van der Waals surface area contributed by atoms with Crippen molar-refractivity contribution in [1.29, 1.82) is 0 Å². The molecule has 2 unspecified atom stereocenters. The maximum Gasteiger partial charge on any atom is 0.332 e. The predicted molar refractivity (Wildman–Crippen MR) is 68.0 cm³/mol. The molecular formula is C12H22N2O5. The number of hydrogen-bond acceptors (Lipinski definition) is 4. The third-order valence-electron chi connectivity index (χ3n) is 3.25. The summed E-state index contributed by atoms with van der Waals surface area (Å²) in [5, 5.41) is 14.4. The van der Waals surface area contributed by atoms with Crippen LogP contribution in [0, 0.1) is 5.92 Å². The van der Waals surface area contributed by atoms with Crippen LogP contribution in [0.4, 0.5) is 4.79 Å². The molecule has 7 heteroatoms. The smallest absolute Gasteiger partial charge is 0.332 e. The fraction of sp³-hybridized carbons (Fsp3) is 0.833. The molecule has 1 aliphatic heterocycles. The number of carboxylic acids is 1. The molecule has 1 heterocycles. The third-order valence-corrected chi connectivity index (χ3v) is 3.25. The van der Waals surface area contributed by atoms with Crippen LogP contribution < -0.4 is 10.6 Å². The lowest BCUT2D eigenvalue weighted by atomic mass is 9.99. The zero-order valence-corrected chi connectivity index (χ0v) is 11.6. The van der Waals surface area contributed by atoms with Gasteiger partial charge in [0.15, 0.2) is 5.54 Å². The van der Waals surface area contributed by atoms with E-state index in [4.69, 9.17) is 9.47 Å². The van der Waals surface area contributed by atoms with Crippen LogP contribution in [0.3, 0.4) is 0 Å². The van der Waals surface area contributed by atoms with Crippen molar-refractivity contribution in [3.8, 4) is 0 Å². The first-order valence-electron chi connectivity index (χ1n) is 6.30. The van der Waals surface area contributed by atoms with Gasteiger partial charge in [0.25, 0.3) is 0 Å². The summed E-state index contributed by atoms with van der Waals surface area (Å²) in [5.74, 6) is -0.890. The number of amides is 2. The minimum atomic E-state index is -1.32. The van der Waals surface area contributed by atoms with Crippen molar-refractivity contribution in [1.82, 2.24) is 10.6 Å². The van der Waals surface area contributed by atoms with Crippen molar-refractivity contribution >= 4 is 12.0 Å². The quantitative estimate of drug-likeness (QED) is 0.643. The van der Waals surface area contributed by atoms with Crippen molar-refractivity contribution in [3.05, 3.63) is 0 Å². The van der Waals surface area contributed by atoms with E-state index in [9.17, 15) is 14.7 Å². The number of methoxy groups -OCH3 is 1. The molecule has 0 aliphatic carbocycles. The standard InChI is InChI=1S/C12H22N2O5/c1-8(2)9(6-18-3)13-11(17)14-12(10(15)16)4-5-19-7-12/h8-9H,4-7H2,1-3H3,(H,15,16)(H2,13,14,17). The summed E-state index contributed by atoms with van der Waals surface area (Å²) in [5.41, 5.74) is -1.32. The lowest BCUT2D eigenvalue weighted by Crippen LogP contribution is -2.59. The van der Waals surface area contributed by atoms with Crippen LogP contribution in [0.2, 0.25) is 0 Å². The monoisotopic (exact) mass is 274 g/mol. The molecule has 1 rings (SSSR count). The molecule has 1 fully saturated rings. The SMILES string of the molecule is COCC(NC(=O)NC1(C(=O)O)CCOC1)C(C)C. The van der Waals surface area contributed by atoms with Crippen molar-refractivity contribution < 1.29 is 24.2 Å². The van der Waals surface area contributed by atoms with Crippen molar-refractivity contribution in [2.45, 2.75) is 31.8 Å². The molecule has 0 spiro atoms. The molecule has 0 bridgehead atoms. The van der Waals surface area contributed by atoms with E-state index in [-0.39, 0.29) is 25.0 Å². The Morgan fingerprint density at radius 1 is 1.47 bits per heavy atom. The highest BCUT2D eigenvalue weighted by atomic mass is 16.5. The number of nitrogens with one attached hydrogen (secondary N) is 2. The molecule has 110 valence electrons. The molecule has 3 N–H and O–H groups in total. The molecule has 1 saturated heterocycles. The summed E-state index contributed by atoms with van der Waals surface area (Å²) in [4.78, 5) is 23.2. The van der Waals surface area contributed by atoms with Crippen LogP contribution in [-0.2, 0) is 14.3 Å². The van der Waals surface area contributed by atoms with Crippen LogP contribution in [-0.4, -0.2) is 55.6 Å². The minimum absolute atomic E-state index is 0.00756. The summed E-state index contributed by atoms with van der Waals surface area (Å²) >= 11 is 0. The zero-order valence-electron chi connectivity index (χ0n) is 11.6. The van der Waals surface area contributed by atoms with E-state index in [0.717, 1.165) is 0 Å². The maximum atomic E-state index is 11.9. The fourth-order valence-electron chi connectivity index (χ4n) is 1.89. The van der Waals surface area contributed by atoms with E-state index in [2.05, 4.69) is 10.6 Å². The number of rotatable bonds is 6. The van der Waals surface area contributed by atoms with Gasteiger partial charge in [-0.25, -0.2) is 9.59 Å². The van der Waals surface area contributed by atoms with E-state index in [1.165, 1.54) is 0 Å². The summed E-state index contributed by atoms with van der Waals surface area (Å²) in [7, 11) is 1.55. The molecule has 0 aromatic carbocycles. The Balaban J connectivity index is 2.60. The van der Waals surface area contributed by atoms with Gasteiger partial charge in [-0.3, -0.25) is 0 Å². The van der Waals surface area contributed by atoms with Crippen LogP contribution >= 0.6 is 0 Å². The summed E-state index contributed by atoms with van der Waals surface area (Å²) < 4.78 is 10.1. The second-order valence-electron chi connectivity index (χ2n) is 5.09. The number of ether oxygens (including phenoxy) is 2. The van der Waals surface area contributed by atoms with Gasteiger partial charge in [0.1, 0.15) is 0 Å². The summed E-state index contributed by atoms with van der Waals surface area (Å²) in [6.45, 7) is 4.61. The molecule has 19 heavy (non-hydrogen) atoms. The van der Waals surface area contributed by atoms with E-state index < -0.39 is 17.5 Å². The molecule has 2 atom stereocenters. The van der Waals surface area contributed by atoms with Gasteiger partial charge >= 0.3 is 12.0 Å². The van der Waals surface area contributed by atoms with Gasteiger partial charge < -0.3 is 25.2 Å². The van der Waals surface area contributed by atoms with Crippen LogP contribution in [0.25, 0.3) is 0 Å². The molecule has 0 aromatic rings. The van der Waals surface area contributed by atoms with E-state index >= 15 is 0 Å². The maximum absolute atomic E-state index is 11.9. The van der Waals surface area contributed by atoms with Gasteiger partial charge in [-0.05, 0) is 5.92 Å². The Bertz CT molecular complexity index is 326. The first-order chi connectivity index (χ1) is 8.91. The highest BCUT2D eigenvalue weighted by Crippen LogP contribution is 2.18. The molecule has 0 saturated carbocycles. The van der Waals surface area contributed by atoms with Crippen molar-refractivity contribution in [3.63, 3.8) is 0 Å². The Hall–Kier alpha value is -1.34. The van der Waals surface area contributed by atoms with Gasteiger partial charge in [-0.15, -0.1) is 0 Å². The Morgan fingerprint density at radius 3 is 2.58 bits per heavy atom. The number of carboxylic acid groups (broad SMARTS) is 1. The average molecular weight is 274 g/mol. The normalized spacial score (nSPS) is 24.2. The first kappa shape index (κ1) is 15.7. The Kier molecular flexibility index (Phi) is 5.56. The minimum Gasteiger partial charge on any atom is -0.479 e. The highest BCUT2D eigenvalue weighted by molar-refractivity contribution is 5.86. The van der Waals surface area contributed by atoms with Gasteiger partial charge in [-0.2, -0.15) is 0 Å². The summed E-state index contributed by atoms with van der Waals surface area (Å²) in [6, 6.07) is -0.679. The molecular weight excluding hydrogens is 252 g/mol. The second kappa shape index (κ2) is 6.72. The van der Waals surface area contributed by atoms with Crippen LogP contribution in [0.1, 0.15) is 20.3 Å². The molecule has 0 aromatic heterocycles. The first-order valence-corrected chi connectivity index (χ1v) is 6.30. The topological polar surface area (TPSA) is 96.9 Å². The highest BCUT2D eigenvalue weighted by Gasteiger charge is 2.44. The number of carbonyl (C=O) groups is 2. The molecule has 2 amide bonds. The van der Waals surface area contributed by atoms with E-state index in [0.29, 0.717) is 13.2 Å². The van der Waals surface area contributed by atoms with Crippen molar-refractivity contribution in [2.24, 2.45) is 5.92 Å². The average Bonchev–Trinajstić information content (AvgIpc) is 2.78. The fourth-order valence-corrected chi connectivity index (χ4v) is 1.89. The number of aliphatic carboxylic acids is 1. The van der Waals surface area contributed by atoms with E-state index in [1.807, 2.05) is 13.8 Å². The van der Waals surface area contributed by atoms with Gasteiger partial charge in [-0.1, -0.05) is 13.8 Å². The van der Waals surface area contributed by atoms with Gasteiger partial charge in [0.05, 0.1) is 19.3 Å². The Labute approximate surface area is 112 Å². The molecule has 7 nitrogen and oxygen atoms in total. The van der Waals surface area contributed by atoms with Crippen LogP contribution in [0.5, 0.6) is 0 Å². The van der Waals surface area contributed by atoms with Gasteiger partial charge in [0, 0.05) is 20.1 Å².